The molecule has 1 aromatic heterocycles. The van der Waals surface area contributed by atoms with Crippen molar-refractivity contribution in [3.8, 4) is 11.5 Å². The zero-order valence-electron chi connectivity index (χ0n) is 14.7. The molecule has 0 atom stereocenters. The second kappa shape index (κ2) is 10.1. The molecule has 0 saturated heterocycles. The van der Waals surface area contributed by atoms with Gasteiger partial charge in [-0.15, -0.1) is 0 Å². The van der Waals surface area contributed by atoms with E-state index in [1.807, 2.05) is 27.7 Å². The maximum absolute atomic E-state index is 11.9. The Morgan fingerprint density at radius 2 is 1.17 bits per heavy atom. The lowest BCUT2D eigenvalue weighted by molar-refractivity contribution is -0.137. The van der Waals surface area contributed by atoms with Crippen molar-refractivity contribution in [1.82, 2.24) is 0 Å². The zero-order chi connectivity index (χ0) is 17.2. The first kappa shape index (κ1) is 19.3. The first-order valence-corrected chi connectivity index (χ1v) is 8.63. The number of unbranched alkanes of at least 4 members (excludes halogenated alkanes) is 2. The Labute approximate surface area is 138 Å². The van der Waals surface area contributed by atoms with Crippen LogP contribution in [-0.4, -0.2) is 11.9 Å². The van der Waals surface area contributed by atoms with Gasteiger partial charge >= 0.3 is 11.9 Å². The van der Waals surface area contributed by atoms with Crippen LogP contribution < -0.4 is 9.47 Å². The van der Waals surface area contributed by atoms with E-state index < -0.39 is 0 Å². The minimum Gasteiger partial charge on any atom is -0.458 e. The van der Waals surface area contributed by atoms with Gasteiger partial charge in [0.2, 0.25) is 11.5 Å². The molecule has 23 heavy (non-hydrogen) atoms. The van der Waals surface area contributed by atoms with E-state index in [0.717, 1.165) is 25.7 Å². The van der Waals surface area contributed by atoms with E-state index in [4.69, 9.17) is 13.9 Å². The molecule has 130 valence electrons. The lowest BCUT2D eigenvalue weighted by Crippen LogP contribution is -2.12. The first-order chi connectivity index (χ1) is 11.1. The number of rotatable bonds is 10. The molecular formula is C18H28O5. The van der Waals surface area contributed by atoms with Gasteiger partial charge in [-0.3, -0.25) is 9.59 Å². The van der Waals surface area contributed by atoms with Crippen molar-refractivity contribution in [2.75, 3.05) is 0 Å². The monoisotopic (exact) mass is 324 g/mol. The molecule has 1 rings (SSSR count). The van der Waals surface area contributed by atoms with E-state index in [1.54, 1.807) is 0 Å². The van der Waals surface area contributed by atoms with E-state index in [9.17, 15) is 9.59 Å². The Balaban J connectivity index is 2.98. The van der Waals surface area contributed by atoms with Crippen LogP contribution in [0.15, 0.2) is 4.42 Å². The summed E-state index contributed by atoms with van der Waals surface area (Å²) >= 11 is 0. The number of esters is 2. The van der Waals surface area contributed by atoms with Crippen molar-refractivity contribution in [1.29, 1.82) is 0 Å². The van der Waals surface area contributed by atoms with Gasteiger partial charge in [-0.1, -0.05) is 40.5 Å². The van der Waals surface area contributed by atoms with Crippen LogP contribution in [0.1, 0.15) is 77.7 Å². The summed E-state index contributed by atoms with van der Waals surface area (Å²) in [6.45, 7) is 7.84. The molecule has 0 aliphatic carbocycles. The quantitative estimate of drug-likeness (QED) is 0.589. The molecule has 1 aromatic rings. The van der Waals surface area contributed by atoms with Gasteiger partial charge in [0.1, 0.15) is 0 Å². The van der Waals surface area contributed by atoms with Crippen LogP contribution in [0.25, 0.3) is 0 Å². The molecule has 5 nitrogen and oxygen atoms in total. The van der Waals surface area contributed by atoms with E-state index in [1.165, 1.54) is 0 Å². The third-order valence-corrected chi connectivity index (χ3v) is 3.50. The molecule has 0 spiro atoms. The molecule has 0 saturated carbocycles. The third-order valence-electron chi connectivity index (χ3n) is 3.50. The van der Waals surface area contributed by atoms with Gasteiger partial charge in [-0.2, -0.15) is 0 Å². The lowest BCUT2D eigenvalue weighted by Gasteiger charge is -2.08. The predicted octanol–water partition coefficient (Wildman–Crippen LogP) is 4.60. The number of hydrogen-bond acceptors (Lipinski definition) is 5. The molecule has 0 aliphatic heterocycles. The molecule has 0 amide bonds. The van der Waals surface area contributed by atoms with Crippen molar-refractivity contribution < 1.29 is 23.5 Å². The average Bonchev–Trinajstić information content (AvgIpc) is 2.87. The Kier molecular flexibility index (Phi) is 8.45. The van der Waals surface area contributed by atoms with Gasteiger partial charge in [-0.25, -0.2) is 0 Å². The summed E-state index contributed by atoms with van der Waals surface area (Å²) in [5, 5.41) is 0. The van der Waals surface area contributed by atoms with Crippen LogP contribution in [0.2, 0.25) is 0 Å². The summed E-state index contributed by atoms with van der Waals surface area (Å²) < 4.78 is 16.6. The van der Waals surface area contributed by atoms with E-state index in [-0.39, 0.29) is 23.4 Å². The van der Waals surface area contributed by atoms with Gasteiger partial charge in [0, 0.05) is 25.7 Å². The minimum absolute atomic E-state index is 0.273. The van der Waals surface area contributed by atoms with Gasteiger partial charge in [0.05, 0.1) is 0 Å². The van der Waals surface area contributed by atoms with Crippen LogP contribution in [0.5, 0.6) is 11.5 Å². The molecule has 0 fully saturated rings. The van der Waals surface area contributed by atoms with Crippen LogP contribution in [0.4, 0.5) is 0 Å². The van der Waals surface area contributed by atoms with E-state index in [0.29, 0.717) is 37.2 Å². The molecule has 0 N–H and O–H groups in total. The number of furan rings is 1. The summed E-state index contributed by atoms with van der Waals surface area (Å²) in [5.74, 6) is 0.993. The van der Waals surface area contributed by atoms with Crippen molar-refractivity contribution in [3.63, 3.8) is 0 Å². The first-order valence-electron chi connectivity index (χ1n) is 8.63. The van der Waals surface area contributed by atoms with Crippen molar-refractivity contribution in [3.05, 3.63) is 11.5 Å². The molecule has 0 unspecified atom stereocenters. The number of carbonyl (C=O) groups is 2. The molecule has 0 aromatic carbocycles. The maximum Gasteiger partial charge on any atom is 0.311 e. The Morgan fingerprint density at radius 3 is 1.48 bits per heavy atom. The Morgan fingerprint density at radius 1 is 0.783 bits per heavy atom. The Hall–Kier alpha value is -1.78. The van der Waals surface area contributed by atoms with Gasteiger partial charge in [0.15, 0.2) is 11.5 Å². The fourth-order valence-corrected chi connectivity index (χ4v) is 2.14. The second-order valence-corrected chi connectivity index (χ2v) is 5.47. The summed E-state index contributed by atoms with van der Waals surface area (Å²) in [6, 6.07) is 0. The van der Waals surface area contributed by atoms with Crippen LogP contribution >= 0.6 is 0 Å². The zero-order valence-corrected chi connectivity index (χ0v) is 14.7. The largest absolute Gasteiger partial charge is 0.458 e. The fraction of sp³-hybridized carbons (Fsp3) is 0.667. The summed E-state index contributed by atoms with van der Waals surface area (Å²) in [6.07, 6.45) is 5.19. The lowest BCUT2D eigenvalue weighted by atomic mass is 10.2. The smallest absolute Gasteiger partial charge is 0.311 e. The molecule has 5 heteroatoms. The van der Waals surface area contributed by atoms with Crippen molar-refractivity contribution in [2.45, 2.75) is 79.1 Å². The maximum atomic E-state index is 11.9. The standard InChI is InChI=1S/C18H28O5/c1-5-9-11-15(19)22-17-13(7-3)21-14(8-4)18(17)23-16(20)12-10-6-2/h5-12H2,1-4H3. The number of aryl methyl sites for hydroxylation is 2. The highest BCUT2D eigenvalue weighted by Gasteiger charge is 2.25. The predicted molar refractivity (Wildman–Crippen MR) is 87.8 cm³/mol. The minimum atomic E-state index is -0.323. The highest BCUT2D eigenvalue weighted by atomic mass is 16.6. The van der Waals surface area contributed by atoms with E-state index in [2.05, 4.69) is 0 Å². The number of hydrogen-bond donors (Lipinski definition) is 0. The molecule has 0 bridgehead atoms. The van der Waals surface area contributed by atoms with Gasteiger partial charge < -0.3 is 13.9 Å². The topological polar surface area (TPSA) is 65.7 Å². The molecular weight excluding hydrogens is 296 g/mol. The second-order valence-electron chi connectivity index (χ2n) is 5.47. The normalized spacial score (nSPS) is 10.6. The molecule has 0 aliphatic rings. The fourth-order valence-electron chi connectivity index (χ4n) is 2.14. The van der Waals surface area contributed by atoms with E-state index >= 15 is 0 Å². The highest BCUT2D eigenvalue weighted by Crippen LogP contribution is 2.39. The van der Waals surface area contributed by atoms with Crippen LogP contribution in [0.3, 0.4) is 0 Å². The third kappa shape index (κ3) is 5.73. The van der Waals surface area contributed by atoms with Crippen LogP contribution in [-0.2, 0) is 22.4 Å². The summed E-state index contributed by atoms with van der Waals surface area (Å²) in [5.41, 5.74) is 0. The van der Waals surface area contributed by atoms with Crippen molar-refractivity contribution >= 4 is 11.9 Å². The summed E-state index contributed by atoms with van der Waals surface area (Å²) in [7, 11) is 0. The SMILES string of the molecule is CCCCC(=O)Oc1c(CC)oc(CC)c1OC(=O)CCCC. The average molecular weight is 324 g/mol. The highest BCUT2D eigenvalue weighted by molar-refractivity contribution is 5.77. The summed E-state index contributed by atoms with van der Waals surface area (Å²) in [4.78, 5) is 23.9. The molecule has 1 heterocycles. The van der Waals surface area contributed by atoms with Gasteiger partial charge in [-0.05, 0) is 12.8 Å². The van der Waals surface area contributed by atoms with Gasteiger partial charge in [0.25, 0.3) is 0 Å². The van der Waals surface area contributed by atoms with Crippen LogP contribution in [0, 0.1) is 0 Å². The number of ether oxygens (including phenoxy) is 2. The molecule has 0 radical (unpaired) electrons. The number of carbonyl (C=O) groups excluding carboxylic acids is 2. The van der Waals surface area contributed by atoms with Crippen molar-refractivity contribution in [2.24, 2.45) is 0 Å². The Bertz CT molecular complexity index is 471.